The van der Waals surface area contributed by atoms with E-state index in [1.807, 2.05) is 6.92 Å². The fraction of sp³-hybridized carbons (Fsp3) is 0.217. The first-order valence-electron chi connectivity index (χ1n) is 9.39. The molecule has 0 aromatic heterocycles. The first-order chi connectivity index (χ1) is 14.0. The third-order valence-electron chi connectivity index (χ3n) is 4.47. The summed E-state index contributed by atoms with van der Waals surface area (Å²) in [6.07, 6.45) is 1.58. The summed E-state index contributed by atoms with van der Waals surface area (Å²) in [5.41, 5.74) is 2.11. The van der Waals surface area contributed by atoms with Crippen LogP contribution >= 0.6 is 0 Å². The molecule has 1 aliphatic rings. The van der Waals surface area contributed by atoms with Crippen molar-refractivity contribution in [2.75, 3.05) is 18.1 Å². The molecule has 5 nitrogen and oxygen atoms in total. The number of amides is 1. The van der Waals surface area contributed by atoms with Crippen molar-refractivity contribution in [1.29, 1.82) is 0 Å². The maximum Gasteiger partial charge on any atom is 0.340 e. The van der Waals surface area contributed by atoms with E-state index in [-0.39, 0.29) is 29.5 Å². The number of carbonyl (C=O) groups is 2. The molecule has 2 aromatic rings. The van der Waals surface area contributed by atoms with Crippen molar-refractivity contribution >= 4 is 23.6 Å². The van der Waals surface area contributed by atoms with Gasteiger partial charge in [-0.15, -0.1) is 0 Å². The van der Waals surface area contributed by atoms with Crippen LogP contribution in [0.3, 0.4) is 0 Å². The zero-order chi connectivity index (χ0) is 21.0. The molecule has 29 heavy (non-hydrogen) atoms. The maximum atomic E-state index is 13.2. The number of rotatable bonds is 6. The van der Waals surface area contributed by atoms with Gasteiger partial charge in [-0.05, 0) is 68.8 Å². The molecule has 6 heteroatoms. The highest BCUT2D eigenvalue weighted by molar-refractivity contribution is 6.23. The molecule has 1 heterocycles. The summed E-state index contributed by atoms with van der Waals surface area (Å²) in [6.45, 7) is 6.03. The molecule has 0 spiro atoms. The number of allylic oxidation sites excluding steroid dienone is 1. The highest BCUT2D eigenvalue weighted by Crippen LogP contribution is 2.36. The summed E-state index contributed by atoms with van der Waals surface area (Å²) in [7, 11) is 0. The van der Waals surface area contributed by atoms with Crippen LogP contribution in [0, 0.1) is 5.82 Å². The van der Waals surface area contributed by atoms with E-state index in [0.29, 0.717) is 29.3 Å². The monoisotopic (exact) mass is 395 g/mol. The van der Waals surface area contributed by atoms with E-state index in [4.69, 9.17) is 9.47 Å². The van der Waals surface area contributed by atoms with Crippen LogP contribution in [0.2, 0.25) is 0 Å². The highest BCUT2D eigenvalue weighted by atomic mass is 19.1. The number of anilines is 1. The molecule has 0 fully saturated rings. The Labute approximate surface area is 169 Å². The van der Waals surface area contributed by atoms with Gasteiger partial charge >= 0.3 is 5.97 Å². The number of ether oxygens (including phenoxy) is 2. The lowest BCUT2D eigenvalue weighted by atomic mass is 10.0. The highest BCUT2D eigenvalue weighted by Gasteiger charge is 2.38. The third kappa shape index (κ3) is 4.21. The van der Waals surface area contributed by atoms with Gasteiger partial charge in [0.05, 0.1) is 24.4 Å². The lowest BCUT2D eigenvalue weighted by molar-refractivity contribution is -0.138. The molecule has 0 saturated carbocycles. The molecular weight excluding hydrogens is 373 g/mol. The summed E-state index contributed by atoms with van der Waals surface area (Å²) in [6, 6.07) is 12.8. The van der Waals surface area contributed by atoms with Gasteiger partial charge in [0.2, 0.25) is 0 Å². The zero-order valence-electron chi connectivity index (χ0n) is 16.6. The normalized spacial score (nSPS) is 15.2. The van der Waals surface area contributed by atoms with Crippen molar-refractivity contribution in [3.8, 4) is 5.75 Å². The van der Waals surface area contributed by atoms with Gasteiger partial charge in [-0.2, -0.15) is 0 Å². The predicted octanol–water partition coefficient (Wildman–Crippen LogP) is 4.49. The van der Waals surface area contributed by atoms with E-state index in [1.54, 1.807) is 56.3 Å². The Morgan fingerprint density at radius 1 is 1.03 bits per heavy atom. The SMILES string of the molecule is CCOC(=O)C1=C(C)N(c2ccc(OCC)cc2)C(=O)/C1=C/c1ccc(F)cc1. The maximum absolute atomic E-state index is 13.2. The van der Waals surface area contributed by atoms with Crippen molar-refractivity contribution in [3.05, 3.63) is 76.8 Å². The first kappa shape index (κ1) is 20.3. The second kappa shape index (κ2) is 8.73. The van der Waals surface area contributed by atoms with Gasteiger partial charge in [0.1, 0.15) is 11.6 Å². The van der Waals surface area contributed by atoms with Gasteiger partial charge in [0.25, 0.3) is 5.91 Å². The molecule has 0 unspecified atom stereocenters. The van der Waals surface area contributed by atoms with Gasteiger partial charge in [0, 0.05) is 11.4 Å². The Bertz CT molecular complexity index is 975. The van der Waals surface area contributed by atoms with Gasteiger partial charge in [-0.1, -0.05) is 12.1 Å². The molecule has 1 aliphatic heterocycles. The minimum Gasteiger partial charge on any atom is -0.494 e. The topological polar surface area (TPSA) is 55.8 Å². The van der Waals surface area contributed by atoms with E-state index in [1.165, 1.54) is 17.0 Å². The molecule has 0 aliphatic carbocycles. The molecule has 2 aromatic carbocycles. The Morgan fingerprint density at radius 2 is 1.69 bits per heavy atom. The van der Waals surface area contributed by atoms with Crippen molar-refractivity contribution in [3.63, 3.8) is 0 Å². The van der Waals surface area contributed by atoms with Crippen LogP contribution in [0.25, 0.3) is 6.08 Å². The minimum absolute atomic E-state index is 0.191. The van der Waals surface area contributed by atoms with Crippen molar-refractivity contribution in [2.24, 2.45) is 0 Å². The van der Waals surface area contributed by atoms with E-state index in [0.717, 1.165) is 0 Å². The van der Waals surface area contributed by atoms with E-state index in [2.05, 4.69) is 0 Å². The molecule has 3 rings (SSSR count). The number of hydrogen-bond acceptors (Lipinski definition) is 4. The molecule has 0 atom stereocenters. The van der Waals surface area contributed by atoms with Crippen LogP contribution in [0.15, 0.2) is 65.4 Å². The minimum atomic E-state index is -0.569. The van der Waals surface area contributed by atoms with Crippen LogP contribution in [0.4, 0.5) is 10.1 Å². The zero-order valence-corrected chi connectivity index (χ0v) is 16.6. The predicted molar refractivity (Wildman–Crippen MR) is 109 cm³/mol. The number of esters is 1. The lowest BCUT2D eigenvalue weighted by Gasteiger charge is -2.18. The number of nitrogens with zero attached hydrogens (tertiary/aromatic N) is 1. The van der Waals surface area contributed by atoms with Crippen LogP contribution in [-0.2, 0) is 14.3 Å². The average Bonchev–Trinajstić information content (AvgIpc) is 2.95. The van der Waals surface area contributed by atoms with Crippen molar-refractivity contribution in [2.45, 2.75) is 20.8 Å². The second-order valence-corrected chi connectivity index (χ2v) is 6.36. The smallest absolute Gasteiger partial charge is 0.340 e. The summed E-state index contributed by atoms with van der Waals surface area (Å²) in [5, 5.41) is 0. The van der Waals surface area contributed by atoms with Crippen LogP contribution in [-0.4, -0.2) is 25.1 Å². The van der Waals surface area contributed by atoms with Crippen molar-refractivity contribution < 1.29 is 23.5 Å². The fourth-order valence-corrected chi connectivity index (χ4v) is 3.18. The van der Waals surface area contributed by atoms with Gasteiger partial charge in [-0.3, -0.25) is 9.69 Å². The first-order valence-corrected chi connectivity index (χ1v) is 9.39. The molecule has 150 valence electrons. The van der Waals surface area contributed by atoms with Gasteiger partial charge in [-0.25, -0.2) is 9.18 Å². The molecule has 0 radical (unpaired) electrons. The number of benzene rings is 2. The van der Waals surface area contributed by atoms with Crippen molar-refractivity contribution in [1.82, 2.24) is 0 Å². The van der Waals surface area contributed by atoms with Crippen LogP contribution in [0.5, 0.6) is 5.75 Å². The Balaban J connectivity index is 2.05. The fourth-order valence-electron chi connectivity index (χ4n) is 3.18. The lowest BCUT2D eigenvalue weighted by Crippen LogP contribution is -2.24. The Kier molecular flexibility index (Phi) is 6.12. The van der Waals surface area contributed by atoms with Crippen LogP contribution in [0.1, 0.15) is 26.3 Å². The Hall–Kier alpha value is -3.41. The van der Waals surface area contributed by atoms with Gasteiger partial charge in [0.15, 0.2) is 0 Å². The Morgan fingerprint density at radius 3 is 2.28 bits per heavy atom. The number of halogens is 1. The summed E-state index contributed by atoms with van der Waals surface area (Å²) in [4.78, 5) is 27.3. The molecule has 0 saturated heterocycles. The van der Waals surface area contributed by atoms with Crippen LogP contribution < -0.4 is 9.64 Å². The third-order valence-corrected chi connectivity index (χ3v) is 4.47. The summed E-state index contributed by atoms with van der Waals surface area (Å²) < 4.78 is 23.8. The summed E-state index contributed by atoms with van der Waals surface area (Å²) in [5.74, 6) is -0.602. The molecular formula is C23H22FNO4. The standard InChI is InChI=1S/C23H22FNO4/c1-4-28-19-12-10-18(11-13-19)25-15(3)21(23(27)29-5-2)20(22(25)26)14-16-6-8-17(24)9-7-16/h6-14H,4-5H2,1-3H3/b20-14+. The molecule has 0 N–H and O–H groups in total. The molecule has 0 bridgehead atoms. The largest absolute Gasteiger partial charge is 0.494 e. The van der Waals surface area contributed by atoms with Gasteiger partial charge < -0.3 is 9.47 Å². The van der Waals surface area contributed by atoms with E-state index >= 15 is 0 Å². The number of hydrogen-bond donors (Lipinski definition) is 0. The summed E-state index contributed by atoms with van der Waals surface area (Å²) >= 11 is 0. The quantitative estimate of drug-likeness (QED) is 0.534. The van der Waals surface area contributed by atoms with E-state index in [9.17, 15) is 14.0 Å². The average molecular weight is 395 g/mol. The number of carbonyl (C=O) groups excluding carboxylic acids is 2. The molecule has 1 amide bonds. The van der Waals surface area contributed by atoms with E-state index < -0.39 is 5.97 Å². The second-order valence-electron chi connectivity index (χ2n) is 6.36.